The number of carbonyl (C=O) groups excluding carboxylic acids is 2. The third kappa shape index (κ3) is 11.9. The van der Waals surface area contributed by atoms with E-state index in [0.717, 1.165) is 0 Å². The molecule has 0 bridgehead atoms. The number of rotatable bonds is 22. The van der Waals surface area contributed by atoms with Gasteiger partial charge in [0.05, 0.1) is 26.4 Å². The van der Waals surface area contributed by atoms with Gasteiger partial charge in [0, 0.05) is 11.8 Å². The maximum atomic E-state index is 15.2. The average Bonchev–Trinajstić information content (AvgIpc) is 2.81. The quantitative estimate of drug-likeness (QED) is 0.0987. The van der Waals surface area contributed by atoms with Gasteiger partial charge in [0.15, 0.2) is 0 Å². The fraction of sp³-hybridized carbons (Fsp3) is 0.917. The van der Waals surface area contributed by atoms with Crippen molar-refractivity contribution in [2.24, 2.45) is 17.8 Å². The lowest BCUT2D eigenvalue weighted by Gasteiger charge is -2.28. The standard InChI is InChI=1S/C24H46F2O8P2/c1-8-11-14-32-36(30,33-15-12-9-2)24(25,26)23(28)21(7)16-20(6)17-34-35(29,31-13-10-3)18-22(27)19(4)5/h19-21H,8-18H2,1-7H3. The second kappa shape index (κ2) is 17.2. The molecule has 0 rings (SSSR count). The van der Waals surface area contributed by atoms with E-state index in [1.807, 2.05) is 20.8 Å². The molecule has 0 saturated heterocycles. The van der Waals surface area contributed by atoms with E-state index in [2.05, 4.69) is 0 Å². The van der Waals surface area contributed by atoms with E-state index in [-0.39, 0.29) is 50.7 Å². The molecule has 0 aliphatic rings. The molecule has 12 heteroatoms. The zero-order valence-electron chi connectivity index (χ0n) is 22.9. The fourth-order valence-corrected chi connectivity index (χ4v) is 6.62. The van der Waals surface area contributed by atoms with Crippen LogP contribution in [0.4, 0.5) is 8.78 Å². The molecule has 3 atom stereocenters. The SMILES string of the molecule is CCCCOP(=O)(OCCCC)C(F)(F)C(=O)C(C)CC(C)COP(=O)(CC(=O)C(C)C)OCCC. The Morgan fingerprint density at radius 1 is 0.806 bits per heavy atom. The second-order valence-electron chi connectivity index (χ2n) is 9.54. The molecule has 8 nitrogen and oxygen atoms in total. The summed E-state index contributed by atoms with van der Waals surface area (Å²) in [6.07, 6.45) is 2.21. The Morgan fingerprint density at radius 2 is 1.33 bits per heavy atom. The minimum atomic E-state index is -5.03. The molecule has 0 saturated carbocycles. The van der Waals surface area contributed by atoms with Crippen molar-refractivity contribution in [1.82, 2.24) is 0 Å². The lowest BCUT2D eigenvalue weighted by molar-refractivity contribution is -0.140. The minimum absolute atomic E-state index is 0.0513. The summed E-state index contributed by atoms with van der Waals surface area (Å²) in [4.78, 5) is 24.8. The summed E-state index contributed by atoms with van der Waals surface area (Å²) < 4.78 is 77.2. The van der Waals surface area contributed by atoms with Crippen molar-refractivity contribution in [3.8, 4) is 0 Å². The van der Waals surface area contributed by atoms with Gasteiger partial charge in [0.25, 0.3) is 0 Å². The van der Waals surface area contributed by atoms with Crippen LogP contribution in [-0.4, -0.2) is 49.8 Å². The summed E-state index contributed by atoms with van der Waals surface area (Å²) in [5.74, 6) is -3.84. The van der Waals surface area contributed by atoms with Crippen LogP contribution in [0.1, 0.15) is 87.0 Å². The molecule has 0 radical (unpaired) electrons. The van der Waals surface area contributed by atoms with Gasteiger partial charge >= 0.3 is 20.9 Å². The van der Waals surface area contributed by atoms with Gasteiger partial charge < -0.3 is 18.1 Å². The van der Waals surface area contributed by atoms with E-state index in [1.54, 1.807) is 20.8 Å². The molecule has 0 aromatic heterocycles. The van der Waals surface area contributed by atoms with E-state index < -0.39 is 38.5 Å². The Kier molecular flexibility index (Phi) is 16.9. The zero-order valence-corrected chi connectivity index (χ0v) is 24.7. The van der Waals surface area contributed by atoms with E-state index in [0.29, 0.717) is 32.1 Å². The van der Waals surface area contributed by atoms with Gasteiger partial charge in [-0.2, -0.15) is 8.78 Å². The molecular weight excluding hydrogens is 516 g/mol. The molecule has 214 valence electrons. The summed E-state index contributed by atoms with van der Waals surface area (Å²) in [5, 5.41) is 0. The first-order valence-corrected chi connectivity index (χ1v) is 16.2. The van der Waals surface area contributed by atoms with Crippen molar-refractivity contribution in [2.45, 2.75) is 92.7 Å². The highest BCUT2D eigenvalue weighted by molar-refractivity contribution is 7.56. The summed E-state index contributed by atoms with van der Waals surface area (Å²) in [5.41, 5.74) is -4.31. The summed E-state index contributed by atoms with van der Waals surface area (Å²) in [7, 11) is -8.76. The van der Waals surface area contributed by atoms with Gasteiger partial charge in [-0.15, -0.1) is 0 Å². The predicted molar refractivity (Wildman–Crippen MR) is 137 cm³/mol. The number of Topliss-reactive ketones (excluding diaryl/α,β-unsaturated/α-hetero) is 2. The maximum absolute atomic E-state index is 15.2. The van der Waals surface area contributed by atoms with Gasteiger partial charge in [-0.3, -0.25) is 18.7 Å². The Labute approximate surface area is 215 Å². The first-order chi connectivity index (χ1) is 16.7. The Balaban J connectivity index is 5.34. The van der Waals surface area contributed by atoms with Crippen LogP contribution in [0.15, 0.2) is 0 Å². The molecule has 0 N–H and O–H groups in total. The number of hydrogen-bond donors (Lipinski definition) is 0. The molecule has 3 unspecified atom stereocenters. The van der Waals surface area contributed by atoms with Gasteiger partial charge in [0.2, 0.25) is 5.78 Å². The molecule has 0 aliphatic heterocycles. The average molecular weight is 563 g/mol. The van der Waals surface area contributed by atoms with E-state index in [4.69, 9.17) is 18.1 Å². The van der Waals surface area contributed by atoms with Crippen LogP contribution in [0, 0.1) is 17.8 Å². The van der Waals surface area contributed by atoms with Crippen molar-refractivity contribution in [1.29, 1.82) is 0 Å². The fourth-order valence-electron chi connectivity index (χ4n) is 3.04. The Hall–Kier alpha value is -0.500. The monoisotopic (exact) mass is 562 g/mol. The summed E-state index contributed by atoms with van der Waals surface area (Å²) >= 11 is 0. The third-order valence-electron chi connectivity index (χ3n) is 5.40. The lowest BCUT2D eigenvalue weighted by atomic mass is 9.94. The normalized spacial score (nSPS) is 16.1. The van der Waals surface area contributed by atoms with Crippen LogP contribution in [0.2, 0.25) is 0 Å². The first kappa shape index (κ1) is 35.5. The van der Waals surface area contributed by atoms with Crippen LogP contribution in [0.5, 0.6) is 0 Å². The molecule has 0 amide bonds. The number of ketones is 2. The van der Waals surface area contributed by atoms with Gasteiger partial charge in [-0.05, 0) is 31.6 Å². The highest BCUT2D eigenvalue weighted by Crippen LogP contribution is 2.63. The number of carbonyl (C=O) groups is 2. The molecule has 0 fully saturated rings. The first-order valence-electron chi connectivity index (χ1n) is 12.9. The smallest absolute Gasteiger partial charge is 0.308 e. The van der Waals surface area contributed by atoms with Crippen molar-refractivity contribution in [3.63, 3.8) is 0 Å². The number of unbranched alkanes of at least 4 members (excludes halogenated alkanes) is 2. The Bertz CT molecular complexity index is 746. The summed E-state index contributed by atoms with van der Waals surface area (Å²) in [6.45, 7) is 11.4. The van der Waals surface area contributed by atoms with Crippen LogP contribution >= 0.6 is 15.2 Å². The molecule has 0 spiro atoms. The molecule has 0 heterocycles. The van der Waals surface area contributed by atoms with Gasteiger partial charge in [0.1, 0.15) is 11.9 Å². The van der Waals surface area contributed by atoms with Crippen molar-refractivity contribution in [3.05, 3.63) is 0 Å². The lowest BCUT2D eigenvalue weighted by Crippen LogP contribution is -2.36. The molecule has 0 aromatic carbocycles. The second-order valence-corrected chi connectivity index (χ2v) is 13.7. The van der Waals surface area contributed by atoms with Crippen molar-refractivity contribution < 1.29 is 45.6 Å². The summed E-state index contributed by atoms with van der Waals surface area (Å²) in [6, 6.07) is 0. The van der Waals surface area contributed by atoms with Crippen LogP contribution in [-0.2, 0) is 36.8 Å². The number of halogens is 2. The topological polar surface area (TPSA) is 105 Å². The maximum Gasteiger partial charge on any atom is 0.407 e. The highest BCUT2D eigenvalue weighted by atomic mass is 31.2. The van der Waals surface area contributed by atoms with E-state index >= 15 is 8.78 Å². The minimum Gasteiger partial charge on any atom is -0.308 e. The molecule has 0 aliphatic carbocycles. The van der Waals surface area contributed by atoms with Gasteiger partial charge in [-0.1, -0.05) is 61.3 Å². The zero-order chi connectivity index (χ0) is 28.0. The molecular formula is C24H46F2O8P2. The van der Waals surface area contributed by atoms with Crippen molar-refractivity contribution >= 4 is 26.8 Å². The predicted octanol–water partition coefficient (Wildman–Crippen LogP) is 7.50. The number of alkyl halides is 2. The van der Waals surface area contributed by atoms with Crippen LogP contribution < -0.4 is 0 Å². The van der Waals surface area contributed by atoms with Crippen LogP contribution in [0.3, 0.4) is 0 Å². The van der Waals surface area contributed by atoms with E-state index in [9.17, 15) is 18.7 Å². The Morgan fingerprint density at radius 3 is 1.78 bits per heavy atom. The highest BCUT2D eigenvalue weighted by Gasteiger charge is 2.60. The van der Waals surface area contributed by atoms with E-state index in [1.165, 1.54) is 6.92 Å². The molecule has 0 aromatic rings. The molecule has 36 heavy (non-hydrogen) atoms. The van der Waals surface area contributed by atoms with Gasteiger partial charge in [-0.25, -0.2) is 0 Å². The van der Waals surface area contributed by atoms with Crippen molar-refractivity contribution in [2.75, 3.05) is 32.6 Å². The third-order valence-corrected chi connectivity index (χ3v) is 9.17. The number of hydrogen-bond acceptors (Lipinski definition) is 8. The van der Waals surface area contributed by atoms with Crippen LogP contribution in [0.25, 0.3) is 0 Å². The largest absolute Gasteiger partial charge is 0.407 e.